The van der Waals surface area contributed by atoms with Crippen LogP contribution in [0.5, 0.6) is 0 Å². The van der Waals surface area contributed by atoms with Crippen LogP contribution in [0.1, 0.15) is 26.3 Å². The molecule has 0 saturated heterocycles. The molecule has 0 aliphatic carbocycles. The first-order valence-corrected chi connectivity index (χ1v) is 8.10. The van der Waals surface area contributed by atoms with Gasteiger partial charge in [-0.15, -0.1) is 0 Å². The molecule has 1 unspecified atom stereocenters. The number of nitrogens with two attached hydrogens (primary N) is 1. The zero-order chi connectivity index (χ0) is 15.7. The van der Waals surface area contributed by atoms with Gasteiger partial charge in [0, 0.05) is 19.6 Å². The van der Waals surface area contributed by atoms with Crippen molar-refractivity contribution in [3.8, 4) is 0 Å². The maximum atomic E-state index is 13.7. The standard InChI is InChI=1S/C13H20ClFN2O2S/c1-8(2)9(3)17(4)20(18,19)11-5-10(7-16)13(14)12(15)6-11/h5-6,8-9H,7,16H2,1-4H3. The van der Waals surface area contributed by atoms with E-state index in [2.05, 4.69) is 0 Å². The van der Waals surface area contributed by atoms with Crippen LogP contribution in [-0.4, -0.2) is 25.8 Å². The van der Waals surface area contributed by atoms with Gasteiger partial charge in [0.1, 0.15) is 5.82 Å². The Morgan fingerprint density at radius 1 is 1.35 bits per heavy atom. The van der Waals surface area contributed by atoms with Gasteiger partial charge in [-0.05, 0) is 30.5 Å². The van der Waals surface area contributed by atoms with Gasteiger partial charge in [0.05, 0.1) is 9.92 Å². The molecular formula is C13H20ClFN2O2S. The monoisotopic (exact) mass is 322 g/mol. The van der Waals surface area contributed by atoms with Gasteiger partial charge in [-0.25, -0.2) is 12.8 Å². The van der Waals surface area contributed by atoms with E-state index in [1.807, 2.05) is 13.8 Å². The lowest BCUT2D eigenvalue weighted by atomic mass is 10.1. The van der Waals surface area contributed by atoms with E-state index in [1.54, 1.807) is 6.92 Å². The Morgan fingerprint density at radius 3 is 2.35 bits per heavy atom. The van der Waals surface area contributed by atoms with E-state index >= 15 is 0 Å². The molecule has 0 aliphatic heterocycles. The molecular weight excluding hydrogens is 303 g/mol. The topological polar surface area (TPSA) is 63.4 Å². The molecule has 114 valence electrons. The van der Waals surface area contributed by atoms with E-state index in [1.165, 1.54) is 17.4 Å². The van der Waals surface area contributed by atoms with E-state index < -0.39 is 15.8 Å². The third-order valence-corrected chi connectivity index (χ3v) is 5.86. The lowest BCUT2D eigenvalue weighted by molar-refractivity contribution is 0.315. The van der Waals surface area contributed by atoms with Gasteiger partial charge in [0.2, 0.25) is 10.0 Å². The van der Waals surface area contributed by atoms with E-state index in [4.69, 9.17) is 17.3 Å². The lowest BCUT2D eigenvalue weighted by Crippen LogP contribution is -2.38. The van der Waals surface area contributed by atoms with Crippen LogP contribution < -0.4 is 5.73 Å². The van der Waals surface area contributed by atoms with Crippen molar-refractivity contribution in [2.75, 3.05) is 7.05 Å². The zero-order valence-electron chi connectivity index (χ0n) is 12.0. The molecule has 1 aromatic carbocycles. The first-order chi connectivity index (χ1) is 9.12. The van der Waals surface area contributed by atoms with E-state index in [0.29, 0.717) is 0 Å². The van der Waals surface area contributed by atoms with Crippen molar-refractivity contribution in [1.29, 1.82) is 0 Å². The van der Waals surface area contributed by atoms with Gasteiger partial charge < -0.3 is 5.73 Å². The lowest BCUT2D eigenvalue weighted by Gasteiger charge is -2.27. The van der Waals surface area contributed by atoms with Crippen molar-refractivity contribution in [3.05, 3.63) is 28.5 Å². The molecule has 0 radical (unpaired) electrons. The zero-order valence-corrected chi connectivity index (χ0v) is 13.6. The fraction of sp³-hybridized carbons (Fsp3) is 0.538. The van der Waals surface area contributed by atoms with Crippen molar-refractivity contribution in [3.63, 3.8) is 0 Å². The molecule has 0 spiro atoms. The maximum Gasteiger partial charge on any atom is 0.243 e. The van der Waals surface area contributed by atoms with Gasteiger partial charge in [0.15, 0.2) is 0 Å². The van der Waals surface area contributed by atoms with Gasteiger partial charge in [0.25, 0.3) is 0 Å². The molecule has 7 heteroatoms. The van der Waals surface area contributed by atoms with E-state index in [9.17, 15) is 12.8 Å². The molecule has 0 amide bonds. The Morgan fingerprint density at radius 2 is 1.90 bits per heavy atom. The maximum absolute atomic E-state index is 13.7. The molecule has 1 atom stereocenters. The molecule has 0 bridgehead atoms. The third-order valence-electron chi connectivity index (χ3n) is 3.51. The summed E-state index contributed by atoms with van der Waals surface area (Å²) >= 11 is 5.74. The van der Waals surface area contributed by atoms with Crippen LogP contribution in [0, 0.1) is 11.7 Å². The second kappa shape index (κ2) is 6.39. The number of nitrogens with zero attached hydrogens (tertiary/aromatic N) is 1. The highest BCUT2D eigenvalue weighted by Crippen LogP contribution is 2.27. The Bertz CT molecular complexity index is 590. The van der Waals surface area contributed by atoms with Crippen LogP contribution in [0.25, 0.3) is 0 Å². The van der Waals surface area contributed by atoms with Crippen LogP contribution in [0.15, 0.2) is 17.0 Å². The van der Waals surface area contributed by atoms with Gasteiger partial charge in [-0.1, -0.05) is 25.4 Å². The van der Waals surface area contributed by atoms with Gasteiger partial charge in [-0.2, -0.15) is 4.31 Å². The number of rotatable bonds is 5. The van der Waals surface area contributed by atoms with Crippen LogP contribution in [0.3, 0.4) is 0 Å². The largest absolute Gasteiger partial charge is 0.326 e. The summed E-state index contributed by atoms with van der Waals surface area (Å²) in [4.78, 5) is -0.130. The van der Waals surface area contributed by atoms with Crippen LogP contribution in [0.4, 0.5) is 4.39 Å². The summed E-state index contributed by atoms with van der Waals surface area (Å²) < 4.78 is 39.9. The highest BCUT2D eigenvalue weighted by Gasteiger charge is 2.28. The number of halogens is 2. The smallest absolute Gasteiger partial charge is 0.243 e. The first-order valence-electron chi connectivity index (χ1n) is 6.29. The molecule has 2 N–H and O–H groups in total. The van der Waals surface area contributed by atoms with E-state index in [-0.39, 0.29) is 34.0 Å². The molecule has 1 rings (SSSR count). The Labute approximate surface area is 124 Å². The summed E-state index contributed by atoms with van der Waals surface area (Å²) in [5.41, 5.74) is 5.73. The SMILES string of the molecule is CC(C)C(C)N(C)S(=O)(=O)c1cc(F)c(Cl)c(CN)c1. The quantitative estimate of drug-likeness (QED) is 0.906. The number of sulfonamides is 1. The van der Waals surface area contributed by atoms with Crippen LogP contribution >= 0.6 is 11.6 Å². The molecule has 0 saturated carbocycles. The molecule has 0 heterocycles. The van der Waals surface area contributed by atoms with Crippen molar-refractivity contribution >= 4 is 21.6 Å². The van der Waals surface area contributed by atoms with Crippen LogP contribution in [0.2, 0.25) is 5.02 Å². The highest BCUT2D eigenvalue weighted by molar-refractivity contribution is 7.89. The molecule has 1 aromatic rings. The average Bonchev–Trinajstić information content (AvgIpc) is 2.39. The van der Waals surface area contributed by atoms with Gasteiger partial charge in [-0.3, -0.25) is 0 Å². The fourth-order valence-electron chi connectivity index (χ4n) is 1.72. The second-order valence-electron chi connectivity index (χ2n) is 5.09. The average molecular weight is 323 g/mol. The number of hydrogen-bond donors (Lipinski definition) is 1. The minimum Gasteiger partial charge on any atom is -0.326 e. The van der Waals surface area contributed by atoms with Gasteiger partial charge >= 0.3 is 0 Å². The Balaban J connectivity index is 3.33. The summed E-state index contributed by atoms with van der Waals surface area (Å²) in [6.07, 6.45) is 0. The van der Waals surface area contributed by atoms with Crippen molar-refractivity contribution in [2.45, 2.75) is 38.3 Å². The predicted octanol–water partition coefficient (Wildman–Crippen LogP) is 2.60. The molecule has 0 aliphatic rings. The van der Waals surface area contributed by atoms with Crippen LogP contribution in [-0.2, 0) is 16.6 Å². The van der Waals surface area contributed by atoms with Crippen molar-refractivity contribution < 1.29 is 12.8 Å². The summed E-state index contributed by atoms with van der Waals surface area (Å²) in [7, 11) is -2.30. The Hall–Kier alpha value is -0.690. The highest BCUT2D eigenvalue weighted by atomic mass is 35.5. The molecule has 4 nitrogen and oxygen atoms in total. The summed E-state index contributed by atoms with van der Waals surface area (Å²) in [5.74, 6) is -0.639. The summed E-state index contributed by atoms with van der Waals surface area (Å²) in [5, 5.41) is -0.133. The van der Waals surface area contributed by atoms with Crippen molar-refractivity contribution in [1.82, 2.24) is 4.31 Å². The fourth-order valence-corrected chi connectivity index (χ4v) is 3.46. The first kappa shape index (κ1) is 17.4. The summed E-state index contributed by atoms with van der Waals surface area (Å²) in [6, 6.07) is 2.05. The van der Waals surface area contributed by atoms with E-state index in [0.717, 1.165) is 6.07 Å². The minimum absolute atomic E-state index is 0.0252. The molecule has 0 fully saturated rings. The third kappa shape index (κ3) is 3.31. The second-order valence-corrected chi connectivity index (χ2v) is 7.46. The Kier molecular flexibility index (Phi) is 5.54. The number of hydrogen-bond acceptors (Lipinski definition) is 3. The predicted molar refractivity (Wildman–Crippen MR) is 78.6 cm³/mol. The summed E-state index contributed by atoms with van der Waals surface area (Å²) in [6.45, 7) is 5.62. The minimum atomic E-state index is -3.78. The molecule has 20 heavy (non-hydrogen) atoms. The normalized spacial score (nSPS) is 14.1. The van der Waals surface area contributed by atoms with Crippen molar-refractivity contribution in [2.24, 2.45) is 11.7 Å². The number of benzene rings is 1. The molecule has 0 aromatic heterocycles.